The van der Waals surface area contributed by atoms with Gasteiger partial charge in [0.25, 0.3) is 0 Å². The molecule has 252 valence electrons. The predicted molar refractivity (Wildman–Crippen MR) is 190 cm³/mol. The molecule has 0 fully saturated rings. The maximum atomic E-state index is 14.1. The van der Waals surface area contributed by atoms with Gasteiger partial charge in [-0.1, -0.05) is 103 Å². The Labute approximate surface area is 287 Å². The second-order valence-corrected chi connectivity index (χ2v) is 13.4. The van der Waals surface area contributed by atoms with Crippen LogP contribution in [0.25, 0.3) is 0 Å². The fourth-order valence-corrected chi connectivity index (χ4v) is 6.70. The molecule has 2 amide bonds. The molecule has 0 aromatic heterocycles. The number of nitrogens with one attached hydrogen (secondary N) is 2. The topological polar surface area (TPSA) is 103 Å². The van der Waals surface area contributed by atoms with Gasteiger partial charge in [-0.15, -0.1) is 11.8 Å². The van der Waals surface area contributed by atoms with Gasteiger partial charge in [-0.2, -0.15) is 0 Å². The number of rotatable bonds is 14. The molecule has 9 heteroatoms. The highest BCUT2D eigenvalue weighted by Gasteiger charge is 2.39. The van der Waals surface area contributed by atoms with Gasteiger partial charge >= 0.3 is 12.1 Å². The van der Waals surface area contributed by atoms with Gasteiger partial charge in [-0.3, -0.25) is 9.59 Å². The van der Waals surface area contributed by atoms with Crippen LogP contribution < -0.4 is 15.4 Å². The largest absolute Gasteiger partial charge is 0.497 e. The van der Waals surface area contributed by atoms with Crippen molar-refractivity contribution in [2.45, 2.75) is 61.8 Å². The lowest BCUT2D eigenvalue weighted by Gasteiger charge is -2.37. The van der Waals surface area contributed by atoms with E-state index in [2.05, 4.69) is 10.6 Å². The number of hydrogen-bond donors (Lipinski definition) is 2. The Balaban J connectivity index is 1.64. The van der Waals surface area contributed by atoms with E-state index in [0.29, 0.717) is 5.75 Å². The summed E-state index contributed by atoms with van der Waals surface area (Å²) in [5.41, 5.74) is 1.87. The summed E-state index contributed by atoms with van der Waals surface area (Å²) in [6.07, 6.45) is -0.528. The van der Waals surface area contributed by atoms with Gasteiger partial charge in [0.05, 0.1) is 20.3 Å². The number of thioether (sulfide) groups is 1. The molecule has 2 atom stereocenters. The number of hydrogen-bond acceptors (Lipinski definition) is 7. The average Bonchev–Trinajstić information content (AvgIpc) is 3.10. The number of carbonyl (C=O) groups is 3. The van der Waals surface area contributed by atoms with Crippen LogP contribution in [-0.2, 0) is 30.4 Å². The van der Waals surface area contributed by atoms with E-state index in [-0.39, 0.29) is 18.7 Å². The maximum absolute atomic E-state index is 14.1. The minimum atomic E-state index is -1.00. The standard InChI is InChI=1S/C39H44N2O6S/c1-38(2,3)47-37(44)40-33(35(36(43)46-5)48-27-28-21-23-32(45-4)24-22-28)25-26-34(42)41-39(29-15-9-6-10-16-29,30-17-11-7-12-18-30)31-19-13-8-14-20-31/h6-24,33,35H,25-27H2,1-5H3,(H,40,44)(H,41,42)/t33-,35-/m0/s1. The molecule has 0 saturated carbocycles. The zero-order valence-electron chi connectivity index (χ0n) is 28.1. The molecule has 8 nitrogen and oxygen atoms in total. The van der Waals surface area contributed by atoms with Crippen molar-refractivity contribution in [3.05, 3.63) is 138 Å². The van der Waals surface area contributed by atoms with Crippen molar-refractivity contribution in [1.29, 1.82) is 0 Å². The van der Waals surface area contributed by atoms with Crippen LogP contribution in [0.5, 0.6) is 5.75 Å². The lowest BCUT2D eigenvalue weighted by atomic mass is 9.77. The van der Waals surface area contributed by atoms with Crippen LogP contribution in [0.3, 0.4) is 0 Å². The third kappa shape index (κ3) is 9.64. The Bertz CT molecular complexity index is 1510. The summed E-state index contributed by atoms with van der Waals surface area (Å²) in [5.74, 6) is 0.413. The highest BCUT2D eigenvalue weighted by molar-refractivity contribution is 7.99. The van der Waals surface area contributed by atoms with Gasteiger partial charge in [0.2, 0.25) is 5.91 Å². The fraction of sp³-hybridized carbons (Fsp3) is 0.308. The fourth-order valence-electron chi connectivity index (χ4n) is 5.47. The van der Waals surface area contributed by atoms with Gasteiger partial charge in [0, 0.05) is 12.2 Å². The van der Waals surface area contributed by atoms with Crippen LogP contribution in [0.1, 0.15) is 55.9 Å². The third-order valence-corrected chi connectivity index (χ3v) is 9.10. The Morgan fingerprint density at radius 1 is 0.729 bits per heavy atom. The first-order valence-corrected chi connectivity index (χ1v) is 16.9. The molecule has 48 heavy (non-hydrogen) atoms. The van der Waals surface area contributed by atoms with Crippen LogP contribution >= 0.6 is 11.8 Å². The normalized spacial score (nSPS) is 12.7. The van der Waals surface area contributed by atoms with Gasteiger partial charge in [-0.25, -0.2) is 4.79 Å². The highest BCUT2D eigenvalue weighted by atomic mass is 32.2. The van der Waals surface area contributed by atoms with Gasteiger partial charge in [0.15, 0.2) is 0 Å². The smallest absolute Gasteiger partial charge is 0.407 e. The van der Waals surface area contributed by atoms with E-state index in [9.17, 15) is 14.4 Å². The number of ether oxygens (including phenoxy) is 3. The van der Waals surface area contributed by atoms with Crippen molar-refractivity contribution in [3.63, 3.8) is 0 Å². The van der Waals surface area contributed by atoms with Crippen molar-refractivity contribution in [1.82, 2.24) is 10.6 Å². The molecule has 4 rings (SSSR count). The summed E-state index contributed by atoms with van der Waals surface area (Å²) in [5, 5.41) is 5.41. The molecule has 0 aliphatic rings. The predicted octanol–water partition coefficient (Wildman–Crippen LogP) is 7.25. The van der Waals surface area contributed by atoms with Crippen molar-refractivity contribution in [2.24, 2.45) is 0 Å². The summed E-state index contributed by atoms with van der Waals surface area (Å²) in [4.78, 5) is 40.4. The Morgan fingerprint density at radius 2 is 1.23 bits per heavy atom. The van der Waals surface area contributed by atoms with Gasteiger partial charge < -0.3 is 24.8 Å². The molecule has 0 aliphatic carbocycles. The minimum absolute atomic E-state index is 0.00526. The highest BCUT2D eigenvalue weighted by Crippen LogP contribution is 2.37. The second-order valence-electron chi connectivity index (χ2n) is 12.3. The summed E-state index contributed by atoms with van der Waals surface area (Å²) < 4.78 is 16.0. The van der Waals surface area contributed by atoms with E-state index in [0.717, 1.165) is 28.0 Å². The number of amides is 2. The van der Waals surface area contributed by atoms with Crippen molar-refractivity contribution >= 4 is 29.7 Å². The molecule has 0 aliphatic heterocycles. The molecule has 0 spiro atoms. The molecule has 2 N–H and O–H groups in total. The quantitative estimate of drug-likeness (QED) is 0.108. The summed E-state index contributed by atoms with van der Waals surface area (Å²) in [6, 6.07) is 36.2. The monoisotopic (exact) mass is 668 g/mol. The summed E-state index contributed by atoms with van der Waals surface area (Å²) >= 11 is 1.33. The molecule has 4 aromatic rings. The van der Waals surface area contributed by atoms with Crippen LogP contribution in [-0.4, -0.2) is 49.1 Å². The van der Waals surface area contributed by atoms with Crippen LogP contribution in [0.4, 0.5) is 4.79 Å². The van der Waals surface area contributed by atoms with Crippen molar-refractivity contribution in [3.8, 4) is 5.75 Å². The molecular formula is C39H44N2O6S. The zero-order chi connectivity index (χ0) is 34.6. The summed E-state index contributed by atoms with van der Waals surface area (Å²) in [7, 11) is 2.91. The first-order valence-electron chi connectivity index (χ1n) is 15.8. The Hall–Kier alpha value is -4.76. The van der Waals surface area contributed by atoms with E-state index in [1.54, 1.807) is 27.9 Å². The molecule has 0 radical (unpaired) electrons. The number of carbonyl (C=O) groups excluding carboxylic acids is 3. The third-order valence-electron chi connectivity index (χ3n) is 7.72. The summed E-state index contributed by atoms with van der Waals surface area (Å²) in [6.45, 7) is 5.30. The van der Waals surface area contributed by atoms with Crippen LogP contribution in [0.15, 0.2) is 115 Å². The SMILES string of the molecule is COC(=O)[C@@H](SCc1ccc(OC)cc1)[C@H](CCC(=O)NC(c1ccccc1)(c1ccccc1)c1ccccc1)NC(=O)OC(C)(C)C. The molecule has 0 saturated heterocycles. The second kappa shape index (κ2) is 16.9. The number of esters is 1. The Kier molecular flexibility index (Phi) is 12.7. The first-order chi connectivity index (χ1) is 23.1. The van der Waals surface area contributed by atoms with E-state index < -0.39 is 34.5 Å². The number of alkyl carbamates (subject to hydrolysis) is 1. The lowest BCUT2D eigenvalue weighted by Crippen LogP contribution is -2.50. The Morgan fingerprint density at radius 3 is 1.67 bits per heavy atom. The van der Waals surface area contributed by atoms with E-state index in [1.807, 2.05) is 115 Å². The van der Waals surface area contributed by atoms with Crippen LogP contribution in [0.2, 0.25) is 0 Å². The van der Waals surface area contributed by atoms with Crippen LogP contribution in [0, 0.1) is 0 Å². The molecule has 0 unspecified atom stereocenters. The van der Waals surface area contributed by atoms with Crippen molar-refractivity contribution < 1.29 is 28.6 Å². The molecule has 4 aromatic carbocycles. The number of benzene rings is 4. The molecule has 0 heterocycles. The number of methoxy groups -OCH3 is 2. The van der Waals surface area contributed by atoms with Gasteiger partial charge in [0.1, 0.15) is 22.1 Å². The van der Waals surface area contributed by atoms with E-state index in [1.165, 1.54) is 18.9 Å². The maximum Gasteiger partial charge on any atom is 0.407 e. The lowest BCUT2D eigenvalue weighted by molar-refractivity contribution is -0.140. The van der Waals surface area contributed by atoms with E-state index >= 15 is 0 Å². The average molecular weight is 669 g/mol. The molecular weight excluding hydrogens is 625 g/mol. The van der Waals surface area contributed by atoms with Gasteiger partial charge in [-0.05, 0) is 61.6 Å². The first kappa shape index (κ1) is 36.1. The zero-order valence-corrected chi connectivity index (χ0v) is 28.9. The molecule has 0 bridgehead atoms. The van der Waals surface area contributed by atoms with E-state index in [4.69, 9.17) is 14.2 Å². The van der Waals surface area contributed by atoms with Crippen molar-refractivity contribution in [2.75, 3.05) is 14.2 Å². The minimum Gasteiger partial charge on any atom is -0.497 e.